The van der Waals surface area contributed by atoms with Crippen molar-refractivity contribution in [3.63, 3.8) is 0 Å². The van der Waals surface area contributed by atoms with E-state index in [0.29, 0.717) is 16.9 Å². The number of rotatable bonds is 5. The number of benzene rings is 2. The summed E-state index contributed by atoms with van der Waals surface area (Å²) in [6.45, 7) is 1.78. The predicted molar refractivity (Wildman–Crippen MR) is 104 cm³/mol. The van der Waals surface area contributed by atoms with Crippen LogP contribution in [0, 0.1) is 6.92 Å². The first-order valence-corrected chi connectivity index (χ1v) is 8.36. The number of aromatic amines is 1. The number of carboxylic acid groups (broad SMARTS) is 1. The number of hydrogen-bond acceptors (Lipinski definition) is 5. The van der Waals surface area contributed by atoms with Gasteiger partial charge in [-0.15, -0.1) is 0 Å². The Hall–Kier alpha value is -3.94. The minimum absolute atomic E-state index is 0.105. The number of hydrogen-bond donors (Lipinski definition) is 3. The average Bonchev–Trinajstić information content (AvgIpc) is 2.63. The quantitative estimate of drug-likeness (QED) is 0.584. The Balaban J connectivity index is 2.01. The number of aliphatic imine (C=N–C) groups is 1. The van der Waals surface area contributed by atoms with E-state index in [0.717, 1.165) is 16.3 Å². The second-order valence-electron chi connectivity index (χ2n) is 6.11. The molecule has 0 aliphatic rings. The molecule has 0 atom stereocenters. The highest BCUT2D eigenvalue weighted by atomic mass is 16.4. The van der Waals surface area contributed by atoms with E-state index < -0.39 is 23.1 Å². The Morgan fingerprint density at radius 2 is 1.82 bits per heavy atom. The molecule has 0 aliphatic carbocycles. The summed E-state index contributed by atoms with van der Waals surface area (Å²) < 4.78 is 1.01. The molecule has 0 spiro atoms. The van der Waals surface area contributed by atoms with Crippen molar-refractivity contribution in [3.8, 4) is 11.6 Å². The van der Waals surface area contributed by atoms with Crippen molar-refractivity contribution in [1.82, 2.24) is 9.55 Å². The SMILES string of the molecule is Cc1ccccc1-n1c(O)c(C=Nc2ccc(CC(=O)O)cc2)c(=O)[nH]c1=O. The molecule has 0 saturated carbocycles. The summed E-state index contributed by atoms with van der Waals surface area (Å²) in [5.41, 5.74) is 0.558. The lowest BCUT2D eigenvalue weighted by molar-refractivity contribution is -0.136. The van der Waals surface area contributed by atoms with Gasteiger partial charge < -0.3 is 10.2 Å². The highest BCUT2D eigenvalue weighted by Gasteiger charge is 2.15. The van der Waals surface area contributed by atoms with Gasteiger partial charge in [0.25, 0.3) is 5.56 Å². The number of carboxylic acids is 1. The molecular weight excluding hydrogens is 362 g/mol. The largest absolute Gasteiger partial charge is 0.493 e. The first kappa shape index (κ1) is 18.8. The smallest absolute Gasteiger partial charge is 0.335 e. The molecule has 1 heterocycles. The number of carbonyl (C=O) groups is 1. The zero-order chi connectivity index (χ0) is 20.3. The maximum atomic E-state index is 12.2. The Kier molecular flexibility index (Phi) is 5.21. The Morgan fingerprint density at radius 1 is 1.14 bits per heavy atom. The molecule has 3 N–H and O–H groups in total. The van der Waals surface area contributed by atoms with Crippen molar-refractivity contribution >= 4 is 17.9 Å². The van der Waals surface area contributed by atoms with Gasteiger partial charge in [0.1, 0.15) is 5.56 Å². The molecule has 0 unspecified atom stereocenters. The van der Waals surface area contributed by atoms with Crippen LogP contribution in [0.5, 0.6) is 5.88 Å². The molecule has 0 saturated heterocycles. The Bertz CT molecular complexity index is 1170. The first-order chi connectivity index (χ1) is 13.4. The van der Waals surface area contributed by atoms with Gasteiger partial charge in [0.05, 0.1) is 17.8 Å². The van der Waals surface area contributed by atoms with E-state index >= 15 is 0 Å². The first-order valence-electron chi connectivity index (χ1n) is 8.36. The molecule has 8 nitrogen and oxygen atoms in total. The molecule has 0 radical (unpaired) electrons. The van der Waals surface area contributed by atoms with Crippen molar-refractivity contribution < 1.29 is 15.0 Å². The predicted octanol–water partition coefficient (Wildman–Crippen LogP) is 1.92. The maximum Gasteiger partial charge on any atom is 0.335 e. The van der Waals surface area contributed by atoms with Gasteiger partial charge in [0.15, 0.2) is 0 Å². The fourth-order valence-electron chi connectivity index (χ4n) is 2.71. The molecule has 3 aromatic rings. The third-order valence-corrected chi connectivity index (χ3v) is 4.11. The van der Waals surface area contributed by atoms with Crippen LogP contribution in [0.1, 0.15) is 16.7 Å². The third kappa shape index (κ3) is 3.90. The summed E-state index contributed by atoms with van der Waals surface area (Å²) in [7, 11) is 0. The van der Waals surface area contributed by atoms with E-state index in [4.69, 9.17) is 5.11 Å². The summed E-state index contributed by atoms with van der Waals surface area (Å²) in [6, 6.07) is 13.3. The van der Waals surface area contributed by atoms with Crippen molar-refractivity contribution in [1.29, 1.82) is 0 Å². The van der Waals surface area contributed by atoms with E-state index in [1.165, 1.54) is 0 Å². The molecule has 28 heavy (non-hydrogen) atoms. The molecule has 142 valence electrons. The van der Waals surface area contributed by atoms with Crippen LogP contribution >= 0.6 is 0 Å². The van der Waals surface area contributed by atoms with Gasteiger partial charge in [-0.3, -0.25) is 19.6 Å². The van der Waals surface area contributed by atoms with E-state index in [9.17, 15) is 19.5 Å². The number of aromatic nitrogens is 2. The second-order valence-corrected chi connectivity index (χ2v) is 6.11. The van der Waals surface area contributed by atoms with E-state index in [1.54, 1.807) is 55.5 Å². The molecular formula is C20H17N3O5. The van der Waals surface area contributed by atoms with Crippen LogP contribution in [0.3, 0.4) is 0 Å². The normalized spacial score (nSPS) is 11.0. The summed E-state index contributed by atoms with van der Waals surface area (Å²) in [6.07, 6.45) is 1.06. The van der Waals surface area contributed by atoms with Gasteiger partial charge in [0.2, 0.25) is 5.88 Å². The van der Waals surface area contributed by atoms with Gasteiger partial charge >= 0.3 is 11.7 Å². The zero-order valence-electron chi connectivity index (χ0n) is 14.9. The number of aliphatic carboxylic acids is 1. The van der Waals surface area contributed by atoms with E-state index in [2.05, 4.69) is 9.98 Å². The Labute approximate surface area is 159 Å². The number of nitrogens with one attached hydrogen (secondary N) is 1. The zero-order valence-corrected chi connectivity index (χ0v) is 14.9. The van der Waals surface area contributed by atoms with Crippen LogP contribution < -0.4 is 11.2 Å². The lowest BCUT2D eigenvalue weighted by Gasteiger charge is -2.11. The van der Waals surface area contributed by atoms with Crippen LogP contribution in [-0.4, -0.2) is 31.9 Å². The fourth-order valence-corrected chi connectivity index (χ4v) is 2.71. The standard InChI is InChI=1S/C20H17N3O5/c1-12-4-2-3-5-16(12)23-19(27)15(18(26)22-20(23)28)11-21-14-8-6-13(7-9-14)10-17(24)25/h2-9,11,27H,10H2,1H3,(H,24,25)(H,22,26,28). The van der Waals surface area contributed by atoms with Gasteiger partial charge in [-0.2, -0.15) is 0 Å². The third-order valence-electron chi connectivity index (χ3n) is 4.11. The highest BCUT2D eigenvalue weighted by molar-refractivity contribution is 5.84. The molecule has 1 aromatic heterocycles. The van der Waals surface area contributed by atoms with E-state index in [1.807, 2.05) is 0 Å². The van der Waals surface area contributed by atoms with E-state index in [-0.39, 0.29) is 12.0 Å². The summed E-state index contributed by atoms with van der Waals surface area (Å²) >= 11 is 0. The monoisotopic (exact) mass is 379 g/mol. The number of aryl methyl sites for hydroxylation is 1. The number of aromatic hydroxyl groups is 1. The highest BCUT2D eigenvalue weighted by Crippen LogP contribution is 2.19. The number of H-pyrrole nitrogens is 1. The molecule has 0 amide bonds. The van der Waals surface area contributed by atoms with Crippen LogP contribution in [0.15, 0.2) is 63.1 Å². The molecule has 3 rings (SSSR count). The van der Waals surface area contributed by atoms with Crippen LogP contribution in [0.2, 0.25) is 0 Å². The minimum atomic E-state index is -0.939. The summed E-state index contributed by atoms with van der Waals surface area (Å²) in [5, 5.41) is 19.3. The molecule has 0 aliphatic heterocycles. The van der Waals surface area contributed by atoms with Gasteiger partial charge in [0, 0.05) is 6.21 Å². The van der Waals surface area contributed by atoms with Gasteiger partial charge in [-0.05, 0) is 36.2 Å². The molecule has 8 heteroatoms. The Morgan fingerprint density at radius 3 is 2.46 bits per heavy atom. The summed E-state index contributed by atoms with van der Waals surface area (Å²) in [5.74, 6) is -1.46. The number of para-hydroxylation sites is 1. The van der Waals surface area contributed by atoms with Gasteiger partial charge in [-0.25, -0.2) is 9.36 Å². The molecule has 0 bridgehead atoms. The molecule has 0 fully saturated rings. The van der Waals surface area contributed by atoms with Crippen LogP contribution in [0.25, 0.3) is 5.69 Å². The van der Waals surface area contributed by atoms with Crippen molar-refractivity contribution in [2.24, 2.45) is 4.99 Å². The number of nitrogens with zero attached hydrogens (tertiary/aromatic N) is 2. The van der Waals surface area contributed by atoms with Crippen molar-refractivity contribution in [3.05, 3.63) is 86.1 Å². The lowest BCUT2D eigenvalue weighted by Crippen LogP contribution is -2.31. The molecule has 2 aromatic carbocycles. The van der Waals surface area contributed by atoms with Crippen LogP contribution in [-0.2, 0) is 11.2 Å². The maximum absolute atomic E-state index is 12.2. The minimum Gasteiger partial charge on any atom is -0.493 e. The lowest BCUT2D eigenvalue weighted by atomic mass is 10.1. The summed E-state index contributed by atoms with van der Waals surface area (Å²) in [4.78, 5) is 41.4. The van der Waals surface area contributed by atoms with Crippen molar-refractivity contribution in [2.45, 2.75) is 13.3 Å². The topological polar surface area (TPSA) is 125 Å². The van der Waals surface area contributed by atoms with Crippen molar-refractivity contribution in [2.75, 3.05) is 0 Å². The van der Waals surface area contributed by atoms with Gasteiger partial charge in [-0.1, -0.05) is 30.3 Å². The average molecular weight is 379 g/mol. The van der Waals surface area contributed by atoms with Crippen LogP contribution in [0.4, 0.5) is 5.69 Å². The second kappa shape index (κ2) is 7.75. The fraction of sp³-hybridized carbons (Fsp3) is 0.100.